The smallest absolute Gasteiger partial charge is 0.225 e. The Bertz CT molecular complexity index is 866. The lowest BCUT2D eigenvalue weighted by atomic mass is 10.1. The average Bonchev–Trinajstić information content (AvgIpc) is 2.63. The molecule has 25 heavy (non-hydrogen) atoms. The molecule has 6 nitrogen and oxygen atoms in total. The maximum atomic E-state index is 11.8. The number of anilines is 2. The number of carbonyl (C=O) groups excluding carboxylic acids is 1. The fourth-order valence-corrected chi connectivity index (χ4v) is 2.63. The number of nitrogens with one attached hydrogen (secondary N) is 2. The fourth-order valence-electron chi connectivity index (χ4n) is 2.63. The van der Waals surface area contributed by atoms with Gasteiger partial charge in [-0.05, 0) is 30.7 Å². The molecule has 1 amide bonds. The van der Waals surface area contributed by atoms with Crippen molar-refractivity contribution in [2.45, 2.75) is 19.4 Å². The Morgan fingerprint density at radius 1 is 1.16 bits per heavy atom. The first-order chi connectivity index (χ1) is 12.2. The van der Waals surface area contributed by atoms with Crippen molar-refractivity contribution in [3.63, 3.8) is 0 Å². The van der Waals surface area contributed by atoms with Gasteiger partial charge in [0.1, 0.15) is 12.1 Å². The molecule has 0 aliphatic heterocycles. The van der Waals surface area contributed by atoms with Crippen LogP contribution in [0.15, 0.2) is 54.9 Å². The molecule has 0 bridgehead atoms. The Morgan fingerprint density at radius 3 is 2.72 bits per heavy atom. The third-order valence-electron chi connectivity index (χ3n) is 3.94. The highest BCUT2D eigenvalue weighted by molar-refractivity contribution is 5.96. The van der Waals surface area contributed by atoms with Gasteiger partial charge in [-0.15, -0.1) is 0 Å². The summed E-state index contributed by atoms with van der Waals surface area (Å²) < 4.78 is 0. The lowest BCUT2D eigenvalue weighted by Crippen LogP contribution is -2.16. The number of rotatable bonds is 6. The van der Waals surface area contributed by atoms with Crippen LogP contribution in [0.3, 0.4) is 0 Å². The monoisotopic (exact) mass is 335 g/mol. The molecule has 128 valence electrons. The molecule has 1 aromatic heterocycles. The number of carbonyl (C=O) groups is 1. The zero-order valence-corrected chi connectivity index (χ0v) is 14.1. The van der Waals surface area contributed by atoms with Crippen LogP contribution >= 0.6 is 0 Å². The van der Waals surface area contributed by atoms with Crippen LogP contribution in [0.25, 0.3) is 10.9 Å². The Balaban J connectivity index is 1.88. The van der Waals surface area contributed by atoms with E-state index in [2.05, 4.69) is 39.7 Å². The van der Waals surface area contributed by atoms with E-state index in [-0.39, 0.29) is 11.9 Å². The maximum Gasteiger partial charge on any atom is 0.225 e. The highest BCUT2D eigenvalue weighted by atomic mass is 16.1. The Hall–Kier alpha value is -2.99. The summed E-state index contributed by atoms with van der Waals surface area (Å²) in [5.41, 5.74) is 8.10. The summed E-state index contributed by atoms with van der Waals surface area (Å²) in [7, 11) is 0. The zero-order valence-electron chi connectivity index (χ0n) is 14.1. The Labute approximate surface area is 146 Å². The van der Waals surface area contributed by atoms with Crippen LogP contribution in [-0.4, -0.2) is 22.4 Å². The number of hydrogen-bond acceptors (Lipinski definition) is 5. The van der Waals surface area contributed by atoms with Gasteiger partial charge in [0.15, 0.2) is 0 Å². The van der Waals surface area contributed by atoms with Gasteiger partial charge in [0, 0.05) is 30.1 Å². The van der Waals surface area contributed by atoms with Crippen molar-refractivity contribution in [2.24, 2.45) is 5.73 Å². The van der Waals surface area contributed by atoms with E-state index in [9.17, 15) is 4.79 Å². The van der Waals surface area contributed by atoms with Crippen molar-refractivity contribution in [1.29, 1.82) is 0 Å². The van der Waals surface area contributed by atoms with Crippen molar-refractivity contribution in [3.05, 3.63) is 60.4 Å². The molecule has 0 spiro atoms. The van der Waals surface area contributed by atoms with Crippen molar-refractivity contribution in [2.75, 3.05) is 17.2 Å². The molecular weight excluding hydrogens is 314 g/mol. The van der Waals surface area contributed by atoms with Gasteiger partial charge in [-0.3, -0.25) is 4.79 Å². The van der Waals surface area contributed by atoms with Crippen LogP contribution in [-0.2, 0) is 4.79 Å². The van der Waals surface area contributed by atoms with E-state index < -0.39 is 0 Å². The van der Waals surface area contributed by atoms with Crippen molar-refractivity contribution in [3.8, 4) is 0 Å². The van der Waals surface area contributed by atoms with Crippen LogP contribution in [0.1, 0.15) is 24.9 Å². The topological polar surface area (TPSA) is 92.9 Å². The third-order valence-corrected chi connectivity index (χ3v) is 3.94. The molecule has 3 rings (SSSR count). The molecule has 0 fully saturated rings. The molecule has 1 heterocycles. The molecule has 0 aliphatic carbocycles. The molecule has 0 saturated carbocycles. The maximum absolute atomic E-state index is 11.8. The second-order valence-corrected chi connectivity index (χ2v) is 5.82. The summed E-state index contributed by atoms with van der Waals surface area (Å²) in [5.74, 6) is 0.627. The minimum Gasteiger partial charge on any atom is -0.363 e. The number of hydrogen-bond donors (Lipinski definition) is 3. The highest BCUT2D eigenvalue weighted by Gasteiger charge is 2.10. The average molecular weight is 335 g/mol. The van der Waals surface area contributed by atoms with Gasteiger partial charge in [-0.1, -0.05) is 30.3 Å². The van der Waals surface area contributed by atoms with E-state index in [1.54, 1.807) is 0 Å². The van der Waals surface area contributed by atoms with Gasteiger partial charge in [-0.25, -0.2) is 9.97 Å². The van der Waals surface area contributed by atoms with Gasteiger partial charge in [0.2, 0.25) is 5.91 Å². The minimum absolute atomic E-state index is 0.0924. The van der Waals surface area contributed by atoms with Crippen LogP contribution < -0.4 is 16.4 Å². The number of aromatic nitrogens is 2. The Kier molecular flexibility index (Phi) is 5.20. The molecule has 2 aromatic carbocycles. The molecule has 0 radical (unpaired) electrons. The molecule has 0 saturated heterocycles. The highest BCUT2D eigenvalue weighted by Crippen LogP contribution is 2.26. The largest absolute Gasteiger partial charge is 0.363 e. The number of amides is 1. The molecule has 1 atom stereocenters. The molecular formula is C19H21N5O. The van der Waals surface area contributed by atoms with Gasteiger partial charge in [0.05, 0.1) is 5.52 Å². The summed E-state index contributed by atoms with van der Waals surface area (Å²) in [6.45, 7) is 2.40. The standard InChI is InChI=1S/C19H21N5O/c1-13(14-5-3-2-4-6-14)23-19-16-11-15(24-18(25)9-10-20)7-8-17(16)21-12-22-19/h2-8,11-13H,9-10,20H2,1H3,(H,24,25)(H,21,22,23). The summed E-state index contributed by atoms with van der Waals surface area (Å²) in [6, 6.07) is 15.8. The van der Waals surface area contributed by atoms with Crippen LogP contribution in [0, 0.1) is 0 Å². The van der Waals surface area contributed by atoms with E-state index in [1.165, 1.54) is 11.9 Å². The molecule has 6 heteroatoms. The quantitative estimate of drug-likeness (QED) is 0.644. The molecule has 1 unspecified atom stereocenters. The first kappa shape index (κ1) is 16.9. The van der Waals surface area contributed by atoms with Gasteiger partial charge >= 0.3 is 0 Å². The van der Waals surface area contributed by atoms with Crippen LogP contribution in [0.4, 0.5) is 11.5 Å². The summed E-state index contributed by atoms with van der Waals surface area (Å²) >= 11 is 0. The normalized spacial score (nSPS) is 11.9. The van der Waals surface area contributed by atoms with Crippen LogP contribution in [0.5, 0.6) is 0 Å². The summed E-state index contributed by atoms with van der Waals surface area (Å²) in [6.07, 6.45) is 1.83. The van der Waals surface area contributed by atoms with E-state index in [4.69, 9.17) is 5.73 Å². The molecule has 0 aliphatic rings. The fraction of sp³-hybridized carbons (Fsp3) is 0.211. The SMILES string of the molecule is CC(Nc1ncnc2ccc(NC(=O)CCN)cc12)c1ccccc1. The first-order valence-corrected chi connectivity index (χ1v) is 8.23. The minimum atomic E-state index is -0.106. The third kappa shape index (κ3) is 4.10. The van der Waals surface area contributed by atoms with Crippen molar-refractivity contribution >= 4 is 28.3 Å². The second kappa shape index (κ2) is 7.72. The van der Waals surface area contributed by atoms with Gasteiger partial charge in [-0.2, -0.15) is 0 Å². The number of fused-ring (bicyclic) bond motifs is 1. The first-order valence-electron chi connectivity index (χ1n) is 8.23. The van der Waals surface area contributed by atoms with E-state index in [0.717, 1.165) is 16.7 Å². The van der Waals surface area contributed by atoms with Gasteiger partial charge < -0.3 is 16.4 Å². The summed E-state index contributed by atoms with van der Waals surface area (Å²) in [5, 5.41) is 7.13. The van der Waals surface area contributed by atoms with Gasteiger partial charge in [0.25, 0.3) is 0 Å². The Morgan fingerprint density at radius 2 is 1.96 bits per heavy atom. The predicted molar refractivity (Wildman–Crippen MR) is 100 cm³/mol. The van der Waals surface area contributed by atoms with E-state index >= 15 is 0 Å². The summed E-state index contributed by atoms with van der Waals surface area (Å²) in [4.78, 5) is 20.4. The predicted octanol–water partition coefficient (Wildman–Crippen LogP) is 3.09. The van der Waals surface area contributed by atoms with Crippen molar-refractivity contribution < 1.29 is 4.79 Å². The molecule has 3 aromatic rings. The lowest BCUT2D eigenvalue weighted by molar-refractivity contribution is -0.116. The van der Waals surface area contributed by atoms with E-state index in [0.29, 0.717) is 18.7 Å². The number of benzene rings is 2. The number of nitrogens with zero attached hydrogens (tertiary/aromatic N) is 2. The lowest BCUT2D eigenvalue weighted by Gasteiger charge is -2.16. The van der Waals surface area contributed by atoms with Crippen molar-refractivity contribution in [1.82, 2.24) is 9.97 Å². The van der Waals surface area contributed by atoms with E-state index in [1.807, 2.05) is 36.4 Å². The molecule has 4 N–H and O–H groups in total. The zero-order chi connectivity index (χ0) is 17.6. The van der Waals surface area contributed by atoms with Crippen LogP contribution in [0.2, 0.25) is 0 Å². The second-order valence-electron chi connectivity index (χ2n) is 5.82. The number of nitrogens with two attached hydrogens (primary N) is 1.